The summed E-state index contributed by atoms with van der Waals surface area (Å²) in [6.07, 6.45) is 4.79. The molecule has 4 amide bonds. The molecule has 4 aliphatic rings. The maximum Gasteiger partial charge on any atom is 0.324 e. The summed E-state index contributed by atoms with van der Waals surface area (Å²) in [4.78, 5) is 79.0. The lowest BCUT2D eigenvalue weighted by molar-refractivity contribution is -0.155. The average Bonchev–Trinajstić information content (AvgIpc) is 4.30. The molecule has 2 saturated heterocycles. The van der Waals surface area contributed by atoms with Crippen molar-refractivity contribution in [1.29, 1.82) is 0 Å². The van der Waals surface area contributed by atoms with Gasteiger partial charge in [0, 0.05) is 68.8 Å². The van der Waals surface area contributed by atoms with Crippen LogP contribution >= 0.6 is 0 Å². The summed E-state index contributed by atoms with van der Waals surface area (Å²) in [5.41, 5.74) is 9.40. The summed E-state index contributed by atoms with van der Waals surface area (Å²) >= 11 is 0. The first kappa shape index (κ1) is 54.6. The second-order valence-corrected chi connectivity index (χ2v) is 25.1. The van der Waals surface area contributed by atoms with E-state index in [1.807, 2.05) is 45.9 Å². The highest BCUT2D eigenvalue weighted by atomic mass is 32.2. The number of aromatic nitrogens is 2. The molecule has 6 bridgehead atoms. The Balaban J connectivity index is 1.13. The summed E-state index contributed by atoms with van der Waals surface area (Å²) in [5.74, 6) is -2.53. The number of pyridine rings is 1. The van der Waals surface area contributed by atoms with E-state index in [9.17, 15) is 33.3 Å². The van der Waals surface area contributed by atoms with Gasteiger partial charge < -0.3 is 34.3 Å². The van der Waals surface area contributed by atoms with E-state index in [-0.39, 0.29) is 49.9 Å². The van der Waals surface area contributed by atoms with Crippen LogP contribution in [-0.4, -0.2) is 143 Å². The number of benzene rings is 2. The van der Waals surface area contributed by atoms with Crippen molar-refractivity contribution in [3.8, 4) is 28.1 Å². The number of rotatable bonds is 13. The van der Waals surface area contributed by atoms with Crippen LogP contribution < -0.4 is 10.7 Å². The first-order valence-corrected chi connectivity index (χ1v) is 27.3. The number of hydrogen-bond donors (Lipinski definition) is 3. The summed E-state index contributed by atoms with van der Waals surface area (Å²) in [5, 5.41) is 16.7. The van der Waals surface area contributed by atoms with Gasteiger partial charge in [0.25, 0.3) is 5.91 Å². The number of phenols is 1. The standard InChI is InChI=1S/C56H76N8O9S/c1-13-62-44-21-20-36-28-40(44)41(49(62)39-16-14-22-57-46(39)33(4)72-12)29-56(8,9)31-73-54(70)42-17-15-23-63(59-42)52(68)43(26-34-24-37(36)27-38(65)25-34)58-51(67)47(32(2)3)61(11)45(66)30-60(10)53(69)50-48(35-18-19-35)64(50)74(71)55(5,6)7/h14,16,20-22,24-25,27-28,32-33,35,42-43,47-48,50,59,65H,13,15,17-19,23,26,29-31H2,1-12H3,(H,58,67)/t33-,42-,43-,47-,48+,50+,64?,74?/m0/s1. The molecule has 3 aliphatic heterocycles. The minimum absolute atomic E-state index is 0.0309. The number of nitrogens with one attached hydrogen (secondary N) is 2. The van der Waals surface area contributed by atoms with E-state index in [2.05, 4.69) is 54.3 Å². The van der Waals surface area contributed by atoms with Gasteiger partial charge in [0.2, 0.25) is 17.7 Å². The van der Waals surface area contributed by atoms with E-state index in [0.29, 0.717) is 42.9 Å². The summed E-state index contributed by atoms with van der Waals surface area (Å²) in [7, 11) is 3.34. The number of phenolic OH excluding ortho intramolecular Hbond substituents is 1. The molecule has 2 aromatic heterocycles. The molecule has 18 heteroatoms. The lowest BCUT2D eigenvalue weighted by Crippen LogP contribution is -2.62. The number of esters is 1. The van der Waals surface area contributed by atoms with Gasteiger partial charge in [0.05, 0.1) is 41.4 Å². The van der Waals surface area contributed by atoms with Crippen molar-refractivity contribution in [1.82, 2.24) is 39.4 Å². The molecule has 3 N–H and O–H groups in total. The molecule has 74 heavy (non-hydrogen) atoms. The topological polar surface area (TPSA) is 196 Å². The minimum atomic E-state index is -1.40. The highest BCUT2D eigenvalue weighted by molar-refractivity contribution is 7.84. The number of fused-ring (bicyclic) bond motifs is 6. The molecule has 3 fully saturated rings. The number of hydrazine groups is 1. The number of aryl methyl sites for hydroxylation is 1. The molecule has 400 valence electrons. The molecule has 1 aliphatic carbocycles. The Morgan fingerprint density at radius 1 is 1.04 bits per heavy atom. The van der Waals surface area contributed by atoms with Gasteiger partial charge in [0.15, 0.2) is 0 Å². The summed E-state index contributed by atoms with van der Waals surface area (Å²) in [6, 6.07) is 11.5. The third-order valence-corrected chi connectivity index (χ3v) is 16.9. The number of methoxy groups -OCH3 is 1. The summed E-state index contributed by atoms with van der Waals surface area (Å²) < 4.78 is 28.9. The Morgan fingerprint density at radius 2 is 1.77 bits per heavy atom. The number of amides is 4. The number of aromatic hydroxyl groups is 1. The Kier molecular flexibility index (Phi) is 15.9. The number of carbonyl (C=O) groups is 5. The zero-order valence-electron chi connectivity index (χ0n) is 45.2. The summed E-state index contributed by atoms with van der Waals surface area (Å²) in [6.45, 7) is 18.1. The highest BCUT2D eigenvalue weighted by Crippen LogP contribution is 2.50. The number of carbonyl (C=O) groups excluding carboxylic acids is 5. The predicted octanol–water partition coefficient (Wildman–Crippen LogP) is 6.32. The maximum absolute atomic E-state index is 14.9. The van der Waals surface area contributed by atoms with E-state index in [4.69, 9.17) is 14.5 Å². The third-order valence-electron chi connectivity index (χ3n) is 15.0. The Hall–Kier alpha value is -5.69. The molecule has 8 rings (SSSR count). The van der Waals surface area contributed by atoms with Crippen molar-refractivity contribution in [2.75, 3.05) is 40.9 Å². The van der Waals surface area contributed by atoms with E-state index in [1.54, 1.807) is 50.6 Å². The number of likely N-dealkylation sites (N-methyl/N-ethyl adjacent to an activating group) is 2. The predicted molar refractivity (Wildman–Crippen MR) is 284 cm³/mol. The fourth-order valence-corrected chi connectivity index (χ4v) is 12.4. The van der Waals surface area contributed by atoms with Crippen LogP contribution in [0.25, 0.3) is 33.3 Å². The molecule has 0 radical (unpaired) electrons. The highest BCUT2D eigenvalue weighted by Gasteiger charge is 2.63. The molecule has 2 unspecified atom stereocenters. The van der Waals surface area contributed by atoms with Crippen LogP contribution in [0.5, 0.6) is 5.75 Å². The molecule has 4 aromatic rings. The molecule has 5 heterocycles. The number of hydrogen-bond acceptors (Lipinski definition) is 11. The fourth-order valence-electron chi connectivity index (χ4n) is 10.9. The SMILES string of the molecule is CCn1c(-c2cccnc2[C@H](C)OC)c2c3cc(ccc31)-c1cc(O)cc(c1)C[C@H](NC(=O)[C@H](C(C)C)N(C)C(=O)CN(C)C(=O)[C@H]1[C@@H](C3CC3)N1S(=O)C(C)(C)C)C(=O)N1CCC[C@H](N1)C(=O)OCC(C)(C)C2. The monoisotopic (exact) mass is 1040 g/mol. The largest absolute Gasteiger partial charge is 0.508 e. The zero-order chi connectivity index (χ0) is 53.7. The average molecular weight is 1040 g/mol. The Bertz CT molecular complexity index is 2840. The quantitative estimate of drug-likeness (QED) is 0.100. The molecule has 0 spiro atoms. The van der Waals surface area contributed by atoms with Gasteiger partial charge in [-0.15, -0.1) is 0 Å². The van der Waals surface area contributed by atoms with Crippen LogP contribution in [0, 0.1) is 17.3 Å². The number of ether oxygens (including phenoxy) is 2. The van der Waals surface area contributed by atoms with Gasteiger partial charge >= 0.3 is 5.97 Å². The smallest absolute Gasteiger partial charge is 0.324 e. The molecule has 1 saturated carbocycles. The Morgan fingerprint density at radius 3 is 2.43 bits per heavy atom. The lowest BCUT2D eigenvalue weighted by Gasteiger charge is -2.37. The van der Waals surface area contributed by atoms with Crippen LogP contribution in [-0.2, 0) is 63.8 Å². The van der Waals surface area contributed by atoms with Crippen molar-refractivity contribution >= 4 is 51.5 Å². The maximum atomic E-state index is 14.9. The van der Waals surface area contributed by atoms with E-state index in [1.165, 1.54) is 21.9 Å². The van der Waals surface area contributed by atoms with Crippen molar-refractivity contribution in [2.45, 2.75) is 148 Å². The molecular weight excluding hydrogens is 961 g/mol. The van der Waals surface area contributed by atoms with Gasteiger partial charge in [-0.3, -0.25) is 34.0 Å². The molecule has 2 aromatic carbocycles. The lowest BCUT2D eigenvalue weighted by atomic mass is 9.84. The van der Waals surface area contributed by atoms with Crippen LogP contribution in [0.3, 0.4) is 0 Å². The second kappa shape index (κ2) is 21.5. The third kappa shape index (κ3) is 11.3. The second-order valence-electron chi connectivity index (χ2n) is 22.9. The fraction of sp³-hybridized carbons (Fsp3) is 0.571. The van der Waals surface area contributed by atoms with E-state index < -0.39 is 74.9 Å². The zero-order valence-corrected chi connectivity index (χ0v) is 46.0. The number of nitrogens with zero attached hydrogens (tertiary/aromatic N) is 6. The van der Waals surface area contributed by atoms with E-state index in [0.717, 1.165) is 51.8 Å². The van der Waals surface area contributed by atoms with Gasteiger partial charge in [-0.25, -0.2) is 13.9 Å². The van der Waals surface area contributed by atoms with Crippen LogP contribution in [0.4, 0.5) is 0 Å². The van der Waals surface area contributed by atoms with E-state index >= 15 is 0 Å². The Labute approximate surface area is 438 Å². The molecule has 17 nitrogen and oxygen atoms in total. The first-order chi connectivity index (χ1) is 34.9. The van der Waals surface area contributed by atoms with Crippen LogP contribution in [0.2, 0.25) is 0 Å². The van der Waals surface area contributed by atoms with Crippen LogP contribution in [0.15, 0.2) is 54.7 Å². The van der Waals surface area contributed by atoms with Gasteiger partial charge in [-0.2, -0.15) is 0 Å². The van der Waals surface area contributed by atoms with Gasteiger partial charge in [-0.05, 0) is 137 Å². The van der Waals surface area contributed by atoms with Crippen LogP contribution in [0.1, 0.15) is 111 Å². The molecular formula is C56H76N8O9S. The van der Waals surface area contributed by atoms with Crippen molar-refractivity contribution in [2.24, 2.45) is 17.3 Å². The molecule has 8 atom stereocenters. The van der Waals surface area contributed by atoms with Crippen molar-refractivity contribution in [3.63, 3.8) is 0 Å². The number of cyclic esters (lactones) is 1. The van der Waals surface area contributed by atoms with Crippen molar-refractivity contribution < 1.29 is 42.8 Å². The van der Waals surface area contributed by atoms with Gasteiger partial charge in [0.1, 0.15) is 40.9 Å². The van der Waals surface area contributed by atoms with Gasteiger partial charge in [-0.1, -0.05) is 39.8 Å². The first-order valence-electron chi connectivity index (χ1n) is 26.2. The van der Waals surface area contributed by atoms with Crippen molar-refractivity contribution in [3.05, 3.63) is 71.5 Å². The minimum Gasteiger partial charge on any atom is -0.508 e. The normalized spacial score (nSPS) is 23.4.